The molecule has 15 heavy (non-hydrogen) atoms. The first-order chi connectivity index (χ1) is 7.13. The van der Waals surface area contributed by atoms with Gasteiger partial charge in [-0.1, -0.05) is 6.07 Å². The fraction of sp³-hybridized carbons (Fsp3) is 0.182. The zero-order valence-corrected chi connectivity index (χ0v) is 8.30. The van der Waals surface area contributed by atoms with Crippen LogP contribution in [0.2, 0.25) is 0 Å². The molecule has 1 aromatic carbocycles. The number of hydrogen-bond donors (Lipinski definition) is 2. The average Bonchev–Trinajstić information content (AvgIpc) is 2.19. The van der Waals surface area contributed by atoms with E-state index in [1.807, 2.05) is 0 Å². The summed E-state index contributed by atoms with van der Waals surface area (Å²) < 4.78 is 5.15. The lowest BCUT2D eigenvalue weighted by Crippen LogP contribution is -1.92. The molecule has 0 aliphatic rings. The summed E-state index contributed by atoms with van der Waals surface area (Å²) in [7, 11) is 0. The van der Waals surface area contributed by atoms with Gasteiger partial charge >= 0.3 is 5.97 Å². The molecule has 0 spiro atoms. The van der Waals surface area contributed by atoms with Gasteiger partial charge in [0.2, 0.25) is 0 Å². The van der Waals surface area contributed by atoms with Gasteiger partial charge < -0.3 is 14.9 Å². The van der Waals surface area contributed by atoms with Crippen LogP contribution in [-0.4, -0.2) is 22.8 Å². The lowest BCUT2D eigenvalue weighted by atomic mass is 10.2. The molecule has 0 heterocycles. The first-order valence-electron chi connectivity index (χ1n) is 4.50. The first kappa shape index (κ1) is 11.1. The van der Waals surface area contributed by atoms with Crippen LogP contribution in [0.5, 0.6) is 11.5 Å². The topological polar surface area (TPSA) is 66.8 Å². The highest BCUT2D eigenvalue weighted by Gasteiger charge is 2.01. The fourth-order valence-corrected chi connectivity index (χ4v) is 1.07. The maximum atomic E-state index is 10.3. The number of carbonyl (C=O) groups is 1. The maximum absolute atomic E-state index is 10.3. The normalized spacial score (nSPS) is 10.5. The molecule has 0 radical (unpaired) electrons. The first-order valence-corrected chi connectivity index (χ1v) is 4.50. The second-order valence-electron chi connectivity index (χ2n) is 2.83. The van der Waals surface area contributed by atoms with Crippen molar-refractivity contribution in [3.8, 4) is 11.5 Å². The number of phenols is 1. The second kappa shape index (κ2) is 5.05. The van der Waals surface area contributed by atoms with Crippen molar-refractivity contribution in [3.63, 3.8) is 0 Å². The molecule has 0 aromatic heterocycles. The highest BCUT2D eigenvalue weighted by atomic mass is 16.5. The number of aliphatic carboxylic acids is 1. The van der Waals surface area contributed by atoms with Gasteiger partial charge in [0.15, 0.2) is 11.5 Å². The third-order valence-electron chi connectivity index (χ3n) is 1.70. The molecule has 0 saturated heterocycles. The summed E-state index contributed by atoms with van der Waals surface area (Å²) in [6.07, 6.45) is 2.46. The van der Waals surface area contributed by atoms with Crippen molar-refractivity contribution in [2.45, 2.75) is 6.92 Å². The minimum absolute atomic E-state index is 0.0457. The van der Waals surface area contributed by atoms with Crippen LogP contribution >= 0.6 is 0 Å². The Morgan fingerprint density at radius 3 is 2.87 bits per heavy atom. The van der Waals surface area contributed by atoms with E-state index in [-0.39, 0.29) is 5.75 Å². The molecule has 0 unspecified atom stereocenters. The Morgan fingerprint density at radius 1 is 1.53 bits per heavy atom. The zero-order valence-electron chi connectivity index (χ0n) is 8.30. The fourth-order valence-electron chi connectivity index (χ4n) is 1.07. The SMILES string of the molecule is CCOc1cc(/C=C/C(=O)O)ccc1O. The molecule has 1 aromatic rings. The van der Waals surface area contributed by atoms with Crippen LogP contribution in [0.4, 0.5) is 0 Å². The summed E-state index contributed by atoms with van der Waals surface area (Å²) in [6, 6.07) is 4.65. The maximum Gasteiger partial charge on any atom is 0.328 e. The molecule has 0 atom stereocenters. The summed E-state index contributed by atoms with van der Waals surface area (Å²) in [6.45, 7) is 2.25. The van der Waals surface area contributed by atoms with Gasteiger partial charge in [0.05, 0.1) is 6.61 Å². The second-order valence-corrected chi connectivity index (χ2v) is 2.83. The molecule has 4 nitrogen and oxygen atoms in total. The number of aromatic hydroxyl groups is 1. The molecular formula is C11H12O4. The summed E-state index contributed by atoms with van der Waals surface area (Å²) >= 11 is 0. The number of carboxylic acids is 1. The van der Waals surface area contributed by atoms with Crippen LogP contribution in [0.15, 0.2) is 24.3 Å². The predicted octanol–water partition coefficient (Wildman–Crippen LogP) is 1.89. The van der Waals surface area contributed by atoms with E-state index >= 15 is 0 Å². The summed E-state index contributed by atoms with van der Waals surface area (Å²) in [5, 5.41) is 17.8. The number of hydrogen-bond acceptors (Lipinski definition) is 3. The Labute approximate surface area is 87.4 Å². The van der Waals surface area contributed by atoms with Gasteiger partial charge in [-0.15, -0.1) is 0 Å². The molecule has 1 rings (SSSR count). The van der Waals surface area contributed by atoms with Crippen LogP contribution in [0.3, 0.4) is 0 Å². The number of ether oxygens (including phenoxy) is 1. The Bertz CT molecular complexity index is 382. The van der Waals surface area contributed by atoms with Crippen LogP contribution in [0, 0.1) is 0 Å². The molecule has 0 aliphatic carbocycles. The zero-order chi connectivity index (χ0) is 11.3. The molecule has 0 saturated carbocycles. The lowest BCUT2D eigenvalue weighted by Gasteiger charge is -2.05. The van der Waals surface area contributed by atoms with Gasteiger partial charge in [-0.3, -0.25) is 0 Å². The van der Waals surface area contributed by atoms with Crippen molar-refractivity contribution in [3.05, 3.63) is 29.8 Å². The van der Waals surface area contributed by atoms with Gasteiger partial charge in [0.1, 0.15) is 0 Å². The highest BCUT2D eigenvalue weighted by Crippen LogP contribution is 2.27. The van der Waals surface area contributed by atoms with E-state index in [0.29, 0.717) is 17.9 Å². The smallest absolute Gasteiger partial charge is 0.328 e. The van der Waals surface area contributed by atoms with E-state index in [1.54, 1.807) is 19.1 Å². The van der Waals surface area contributed by atoms with Gasteiger partial charge in [0.25, 0.3) is 0 Å². The molecule has 80 valence electrons. The number of rotatable bonds is 4. The molecule has 0 amide bonds. The van der Waals surface area contributed by atoms with Crippen LogP contribution < -0.4 is 4.74 Å². The summed E-state index contributed by atoms with van der Waals surface area (Å²) in [4.78, 5) is 10.3. The summed E-state index contributed by atoms with van der Waals surface area (Å²) in [5.74, 6) is -0.615. The number of benzene rings is 1. The summed E-state index contributed by atoms with van der Waals surface area (Å²) in [5.41, 5.74) is 0.665. The number of phenolic OH excluding ortho intramolecular Hbond substituents is 1. The monoisotopic (exact) mass is 208 g/mol. The third-order valence-corrected chi connectivity index (χ3v) is 1.70. The van der Waals surface area contributed by atoms with Crippen molar-refractivity contribution in [2.24, 2.45) is 0 Å². The molecule has 0 aliphatic heterocycles. The Kier molecular flexibility index (Phi) is 3.74. The minimum Gasteiger partial charge on any atom is -0.504 e. The molecule has 4 heteroatoms. The predicted molar refractivity (Wildman–Crippen MR) is 55.9 cm³/mol. The van der Waals surface area contributed by atoms with E-state index in [4.69, 9.17) is 9.84 Å². The van der Waals surface area contributed by atoms with Crippen molar-refractivity contribution in [2.75, 3.05) is 6.61 Å². The largest absolute Gasteiger partial charge is 0.504 e. The number of carboxylic acid groups (broad SMARTS) is 1. The van der Waals surface area contributed by atoms with E-state index in [2.05, 4.69) is 0 Å². The van der Waals surface area contributed by atoms with Crippen molar-refractivity contribution in [1.82, 2.24) is 0 Å². The van der Waals surface area contributed by atoms with Crippen LogP contribution in [0.25, 0.3) is 6.08 Å². The van der Waals surface area contributed by atoms with Gasteiger partial charge in [0, 0.05) is 6.08 Å². The standard InChI is InChI=1S/C11H12O4/c1-2-15-10-7-8(3-5-9(10)12)4-6-11(13)14/h3-7,12H,2H2,1H3,(H,13,14)/b6-4+. The van der Waals surface area contributed by atoms with Crippen molar-refractivity contribution in [1.29, 1.82) is 0 Å². The Morgan fingerprint density at radius 2 is 2.27 bits per heavy atom. The Balaban J connectivity index is 2.91. The van der Waals surface area contributed by atoms with E-state index in [0.717, 1.165) is 6.08 Å². The highest BCUT2D eigenvalue weighted by molar-refractivity contribution is 5.85. The average molecular weight is 208 g/mol. The van der Waals surface area contributed by atoms with E-state index in [9.17, 15) is 9.90 Å². The Hall–Kier alpha value is -1.97. The van der Waals surface area contributed by atoms with Gasteiger partial charge in [-0.25, -0.2) is 4.79 Å². The van der Waals surface area contributed by atoms with Crippen molar-refractivity contribution >= 4 is 12.0 Å². The minimum atomic E-state index is -1.01. The van der Waals surface area contributed by atoms with Gasteiger partial charge in [-0.2, -0.15) is 0 Å². The quantitative estimate of drug-likeness (QED) is 0.741. The third kappa shape index (κ3) is 3.34. The molecule has 2 N–H and O–H groups in total. The van der Waals surface area contributed by atoms with E-state index in [1.165, 1.54) is 12.1 Å². The van der Waals surface area contributed by atoms with E-state index < -0.39 is 5.97 Å². The van der Waals surface area contributed by atoms with Crippen LogP contribution in [0.1, 0.15) is 12.5 Å². The molecule has 0 bridgehead atoms. The van der Waals surface area contributed by atoms with Gasteiger partial charge in [-0.05, 0) is 30.7 Å². The lowest BCUT2D eigenvalue weighted by molar-refractivity contribution is -0.131. The van der Waals surface area contributed by atoms with Crippen LogP contribution in [-0.2, 0) is 4.79 Å². The van der Waals surface area contributed by atoms with Crippen molar-refractivity contribution < 1.29 is 19.7 Å². The molecular weight excluding hydrogens is 196 g/mol. The molecule has 0 fully saturated rings.